The molecule has 1 aliphatic heterocycles. The van der Waals surface area contributed by atoms with Gasteiger partial charge in [0.15, 0.2) is 5.69 Å². The van der Waals surface area contributed by atoms with Gasteiger partial charge in [0.1, 0.15) is 11.6 Å². The fourth-order valence-electron chi connectivity index (χ4n) is 4.48. The van der Waals surface area contributed by atoms with Crippen LogP contribution in [0.5, 0.6) is 5.75 Å². The maximum Gasteiger partial charge on any atom is 0.573 e. The van der Waals surface area contributed by atoms with Gasteiger partial charge in [0.25, 0.3) is 5.89 Å². The third-order valence-corrected chi connectivity index (χ3v) is 6.50. The zero-order valence-corrected chi connectivity index (χ0v) is 22.4. The molecule has 1 amide bonds. The van der Waals surface area contributed by atoms with Crippen molar-refractivity contribution in [1.82, 2.24) is 29.8 Å². The molecule has 1 aliphatic rings. The zero-order valence-electron chi connectivity index (χ0n) is 22.4. The second-order valence-corrected chi connectivity index (χ2v) is 9.48. The van der Waals surface area contributed by atoms with Crippen LogP contribution in [0.4, 0.5) is 23.8 Å². The molecule has 0 spiro atoms. The maximum absolute atomic E-state index is 12.4. The highest BCUT2D eigenvalue weighted by Crippen LogP contribution is 2.27. The summed E-state index contributed by atoms with van der Waals surface area (Å²) in [5.41, 5.74) is 2.79. The average molecular weight is 572 g/mol. The Kier molecular flexibility index (Phi) is 8.08. The molecule has 1 saturated heterocycles. The number of amides is 1. The van der Waals surface area contributed by atoms with Crippen molar-refractivity contribution >= 4 is 11.9 Å². The van der Waals surface area contributed by atoms with Gasteiger partial charge >= 0.3 is 12.5 Å². The summed E-state index contributed by atoms with van der Waals surface area (Å²) >= 11 is 0. The Morgan fingerprint density at radius 1 is 1.15 bits per heavy atom. The molecule has 0 radical (unpaired) electrons. The smallest absolute Gasteiger partial charge is 0.450 e. The SMILES string of the molecule is CCOC(=O)N1CCC(Nc2cc(Cn3nc(-c4nc(-c5ccc(OC(F)(F)F)cc5)no4)cc3C)ccn2)CC1. The van der Waals surface area contributed by atoms with E-state index < -0.39 is 6.36 Å². The molecule has 5 rings (SSSR count). The molecule has 3 aromatic heterocycles. The molecule has 4 heterocycles. The third kappa shape index (κ3) is 7.13. The largest absolute Gasteiger partial charge is 0.573 e. The van der Waals surface area contributed by atoms with Crippen LogP contribution in [0.25, 0.3) is 23.0 Å². The van der Waals surface area contributed by atoms with Gasteiger partial charge in [-0.3, -0.25) is 4.68 Å². The molecule has 41 heavy (non-hydrogen) atoms. The average Bonchev–Trinajstić information content (AvgIpc) is 3.56. The van der Waals surface area contributed by atoms with Gasteiger partial charge in [-0.15, -0.1) is 13.2 Å². The summed E-state index contributed by atoms with van der Waals surface area (Å²) in [4.78, 5) is 22.5. The first-order valence-electron chi connectivity index (χ1n) is 13.0. The van der Waals surface area contributed by atoms with Crippen LogP contribution in [0, 0.1) is 6.92 Å². The zero-order chi connectivity index (χ0) is 29.0. The number of carbonyl (C=O) groups excluding carboxylic acids is 1. The van der Waals surface area contributed by atoms with E-state index in [4.69, 9.17) is 9.26 Å². The van der Waals surface area contributed by atoms with Crippen LogP contribution in [-0.2, 0) is 11.3 Å². The van der Waals surface area contributed by atoms with Crippen LogP contribution < -0.4 is 10.1 Å². The molecular weight excluding hydrogens is 543 g/mol. The van der Waals surface area contributed by atoms with Gasteiger partial charge in [-0.2, -0.15) is 10.1 Å². The minimum atomic E-state index is -4.77. The second kappa shape index (κ2) is 11.9. The number of nitrogens with zero attached hydrogens (tertiary/aromatic N) is 6. The number of hydrogen-bond acceptors (Lipinski definition) is 9. The molecule has 0 aliphatic carbocycles. The highest BCUT2D eigenvalue weighted by Gasteiger charge is 2.31. The lowest BCUT2D eigenvalue weighted by Crippen LogP contribution is -2.42. The summed E-state index contributed by atoms with van der Waals surface area (Å²) in [6, 6.07) is 11.1. The minimum Gasteiger partial charge on any atom is -0.450 e. The van der Waals surface area contributed by atoms with E-state index in [1.165, 1.54) is 24.3 Å². The Labute approximate surface area is 233 Å². The molecule has 1 fully saturated rings. The van der Waals surface area contributed by atoms with Crippen LogP contribution in [0.3, 0.4) is 0 Å². The molecule has 0 saturated carbocycles. The van der Waals surface area contributed by atoms with Crippen LogP contribution in [0.15, 0.2) is 53.2 Å². The summed E-state index contributed by atoms with van der Waals surface area (Å²) in [5, 5.41) is 12.0. The summed E-state index contributed by atoms with van der Waals surface area (Å²) in [7, 11) is 0. The first-order valence-corrected chi connectivity index (χ1v) is 13.0. The fourth-order valence-corrected chi connectivity index (χ4v) is 4.48. The van der Waals surface area contributed by atoms with Crippen molar-refractivity contribution in [3.63, 3.8) is 0 Å². The molecule has 1 N–H and O–H groups in total. The van der Waals surface area contributed by atoms with E-state index in [1.54, 1.807) is 22.7 Å². The van der Waals surface area contributed by atoms with Crippen molar-refractivity contribution in [2.24, 2.45) is 0 Å². The highest BCUT2D eigenvalue weighted by molar-refractivity contribution is 5.67. The molecule has 14 heteroatoms. The van der Waals surface area contributed by atoms with Crippen molar-refractivity contribution in [3.05, 3.63) is 59.9 Å². The Balaban J connectivity index is 1.21. The highest BCUT2D eigenvalue weighted by atomic mass is 19.4. The van der Waals surface area contributed by atoms with Gasteiger partial charge in [-0.25, -0.2) is 9.78 Å². The van der Waals surface area contributed by atoms with Gasteiger partial charge < -0.3 is 24.2 Å². The normalized spacial score (nSPS) is 14.2. The number of halogens is 3. The van der Waals surface area contributed by atoms with Crippen LogP contribution in [-0.4, -0.2) is 68.0 Å². The quantitative estimate of drug-likeness (QED) is 0.301. The molecule has 11 nitrogen and oxygen atoms in total. The lowest BCUT2D eigenvalue weighted by molar-refractivity contribution is -0.274. The molecule has 4 aromatic rings. The second-order valence-electron chi connectivity index (χ2n) is 9.48. The monoisotopic (exact) mass is 571 g/mol. The third-order valence-electron chi connectivity index (χ3n) is 6.50. The Bertz CT molecular complexity index is 1480. The van der Waals surface area contributed by atoms with Crippen molar-refractivity contribution in [3.8, 4) is 28.7 Å². The maximum atomic E-state index is 12.4. The van der Waals surface area contributed by atoms with E-state index >= 15 is 0 Å². The van der Waals surface area contributed by atoms with Crippen molar-refractivity contribution in [1.29, 1.82) is 0 Å². The van der Waals surface area contributed by atoms with Crippen molar-refractivity contribution < 1.29 is 32.0 Å². The first kappa shape index (κ1) is 27.9. The van der Waals surface area contributed by atoms with Gasteiger partial charge in [0, 0.05) is 36.6 Å². The number of aryl methyl sites for hydroxylation is 1. The summed E-state index contributed by atoms with van der Waals surface area (Å²) < 4.78 is 53.4. The van der Waals surface area contributed by atoms with Crippen molar-refractivity contribution in [2.45, 2.75) is 45.6 Å². The Morgan fingerprint density at radius 2 is 1.90 bits per heavy atom. The van der Waals surface area contributed by atoms with Crippen molar-refractivity contribution in [2.75, 3.05) is 25.0 Å². The van der Waals surface area contributed by atoms with Crippen LogP contribution in [0.2, 0.25) is 0 Å². The minimum absolute atomic E-state index is 0.184. The van der Waals surface area contributed by atoms with E-state index in [1.807, 2.05) is 25.1 Å². The van der Waals surface area contributed by atoms with E-state index in [0.29, 0.717) is 37.5 Å². The van der Waals surface area contributed by atoms with Gasteiger partial charge in [-0.05, 0) is 74.7 Å². The molecule has 216 valence electrons. The van der Waals surface area contributed by atoms with Crippen LogP contribution in [0.1, 0.15) is 31.0 Å². The number of nitrogens with one attached hydrogen (secondary N) is 1. The molecule has 0 atom stereocenters. The fraction of sp³-hybridized carbons (Fsp3) is 0.370. The summed E-state index contributed by atoms with van der Waals surface area (Å²) in [5.74, 6) is 0.802. The number of aromatic nitrogens is 5. The number of ether oxygens (including phenoxy) is 2. The number of pyridine rings is 1. The molecular formula is C27H28F3N7O4. The molecule has 1 aromatic carbocycles. The predicted octanol–water partition coefficient (Wildman–Crippen LogP) is 5.28. The van der Waals surface area contributed by atoms with Crippen LogP contribution >= 0.6 is 0 Å². The van der Waals surface area contributed by atoms with Gasteiger partial charge in [-0.1, -0.05) is 5.16 Å². The predicted molar refractivity (Wildman–Crippen MR) is 141 cm³/mol. The topological polar surface area (TPSA) is 120 Å². The number of anilines is 1. The Hall–Kier alpha value is -4.62. The lowest BCUT2D eigenvalue weighted by Gasteiger charge is -2.31. The summed E-state index contributed by atoms with van der Waals surface area (Å²) in [6.07, 6.45) is -1.71. The number of benzene rings is 1. The van der Waals surface area contributed by atoms with E-state index in [2.05, 4.69) is 30.3 Å². The standard InChI is InChI=1S/C27H28F3N7O4/c1-3-39-26(38)36-12-9-20(10-13-36)32-23-15-18(8-11-31-23)16-37-17(2)14-22(34-37)25-33-24(35-41-25)19-4-6-21(7-5-19)40-27(28,29)30/h4-8,11,14-15,20H,3,9-10,12-13,16H2,1-2H3,(H,31,32). The first-order chi connectivity index (χ1) is 19.7. The number of rotatable bonds is 8. The van der Waals surface area contributed by atoms with Gasteiger partial charge in [0.05, 0.1) is 13.2 Å². The van der Waals surface area contributed by atoms with Gasteiger partial charge in [0.2, 0.25) is 5.82 Å². The number of alkyl halides is 3. The molecule has 0 bridgehead atoms. The number of likely N-dealkylation sites (tertiary alicyclic amines) is 1. The number of carbonyl (C=O) groups is 1. The molecule has 0 unspecified atom stereocenters. The van der Waals surface area contributed by atoms with E-state index in [9.17, 15) is 18.0 Å². The Morgan fingerprint density at radius 3 is 2.61 bits per heavy atom. The lowest BCUT2D eigenvalue weighted by atomic mass is 10.1. The summed E-state index contributed by atoms with van der Waals surface area (Å²) in [6.45, 7) is 5.80. The number of piperidine rings is 1. The van der Waals surface area contributed by atoms with E-state index in [-0.39, 0.29) is 29.6 Å². The van der Waals surface area contributed by atoms with E-state index in [0.717, 1.165) is 29.9 Å². The number of hydrogen-bond donors (Lipinski definition) is 1.